The van der Waals surface area contributed by atoms with E-state index in [9.17, 15) is 4.79 Å². The van der Waals surface area contributed by atoms with Gasteiger partial charge in [0.05, 0.1) is 5.56 Å². The van der Waals surface area contributed by atoms with Crippen LogP contribution in [0.2, 0.25) is 0 Å². The summed E-state index contributed by atoms with van der Waals surface area (Å²) in [6.07, 6.45) is 2.29. The van der Waals surface area contributed by atoms with Gasteiger partial charge in [-0.05, 0) is 19.4 Å². The smallest absolute Gasteiger partial charge is 0.261 e. The molecule has 1 aromatic carbocycles. The summed E-state index contributed by atoms with van der Waals surface area (Å²) in [6.45, 7) is 3.94. The van der Waals surface area contributed by atoms with Crippen LogP contribution in [0.5, 0.6) is 0 Å². The highest BCUT2D eigenvalue weighted by Gasteiger charge is 2.17. The molecule has 0 aliphatic carbocycles. The maximum Gasteiger partial charge on any atom is 0.261 e. The zero-order valence-electron chi connectivity index (χ0n) is 14.1. The first-order valence-corrected chi connectivity index (χ1v) is 9.91. The Morgan fingerprint density at radius 2 is 2.08 bits per heavy atom. The van der Waals surface area contributed by atoms with Crippen molar-refractivity contribution in [3.05, 3.63) is 47.7 Å². The molecule has 130 valence electrons. The number of furan rings is 1. The minimum Gasteiger partial charge on any atom is -0.461 e. The monoisotopic (exact) mass is 373 g/mol. The number of rotatable bonds is 7. The molecule has 2 aromatic heterocycles. The van der Waals surface area contributed by atoms with E-state index < -0.39 is 0 Å². The molecule has 0 radical (unpaired) electrons. The Kier molecular flexibility index (Phi) is 5.88. The van der Waals surface area contributed by atoms with Crippen LogP contribution in [0.1, 0.15) is 35.9 Å². The molecule has 0 saturated carbocycles. The second-order valence-corrected chi connectivity index (χ2v) is 7.80. The Bertz CT molecular complexity index is 843. The van der Waals surface area contributed by atoms with Crippen LogP contribution < -0.4 is 5.32 Å². The minimum atomic E-state index is -0.232. The molecular formula is C18H19N3O2S2. The lowest BCUT2D eigenvalue weighted by Gasteiger charge is -1.98. The number of unbranched alkanes of at least 4 members (excludes halogenated alkanes) is 1. The summed E-state index contributed by atoms with van der Waals surface area (Å²) in [7, 11) is 0. The molecule has 0 saturated heterocycles. The molecule has 7 heteroatoms. The lowest BCUT2D eigenvalue weighted by atomic mass is 10.1. The number of aryl methyl sites for hydroxylation is 1. The van der Waals surface area contributed by atoms with E-state index in [-0.39, 0.29) is 5.91 Å². The molecule has 0 aliphatic heterocycles. The van der Waals surface area contributed by atoms with E-state index in [1.807, 2.05) is 30.3 Å². The Morgan fingerprint density at radius 3 is 2.84 bits per heavy atom. The lowest BCUT2D eigenvalue weighted by molar-refractivity contribution is 0.102. The molecule has 1 amide bonds. The summed E-state index contributed by atoms with van der Waals surface area (Å²) in [4.78, 5) is 12.5. The van der Waals surface area contributed by atoms with Crippen LogP contribution in [0.25, 0.3) is 11.3 Å². The molecule has 25 heavy (non-hydrogen) atoms. The molecule has 0 fully saturated rings. The highest BCUT2D eigenvalue weighted by molar-refractivity contribution is 8.01. The summed E-state index contributed by atoms with van der Waals surface area (Å²) in [5.74, 6) is 2.04. The van der Waals surface area contributed by atoms with Gasteiger partial charge in [-0.2, -0.15) is 0 Å². The van der Waals surface area contributed by atoms with E-state index in [0.717, 1.165) is 28.5 Å². The molecule has 0 spiro atoms. The molecule has 5 nitrogen and oxygen atoms in total. The van der Waals surface area contributed by atoms with Gasteiger partial charge in [0.25, 0.3) is 5.91 Å². The number of hydrogen-bond acceptors (Lipinski definition) is 6. The summed E-state index contributed by atoms with van der Waals surface area (Å²) < 4.78 is 6.61. The van der Waals surface area contributed by atoms with Crippen molar-refractivity contribution in [3.63, 3.8) is 0 Å². The van der Waals surface area contributed by atoms with Crippen molar-refractivity contribution in [1.29, 1.82) is 0 Å². The Balaban J connectivity index is 1.68. The van der Waals surface area contributed by atoms with Crippen molar-refractivity contribution >= 4 is 34.1 Å². The number of hydrogen-bond donors (Lipinski definition) is 1. The van der Waals surface area contributed by atoms with Crippen molar-refractivity contribution in [2.45, 2.75) is 31.0 Å². The number of nitrogens with zero attached hydrogens (tertiary/aromatic N) is 2. The van der Waals surface area contributed by atoms with E-state index >= 15 is 0 Å². The number of anilines is 1. The predicted octanol–water partition coefficient (Wildman–Crippen LogP) is 5.25. The summed E-state index contributed by atoms with van der Waals surface area (Å²) in [6, 6.07) is 11.5. The average Bonchev–Trinajstić information content (AvgIpc) is 3.22. The molecule has 0 atom stereocenters. The van der Waals surface area contributed by atoms with Crippen LogP contribution in [0, 0.1) is 6.92 Å². The highest BCUT2D eigenvalue weighted by Crippen LogP contribution is 2.28. The maximum atomic E-state index is 12.5. The van der Waals surface area contributed by atoms with Crippen LogP contribution >= 0.6 is 23.1 Å². The van der Waals surface area contributed by atoms with E-state index in [1.54, 1.807) is 24.8 Å². The van der Waals surface area contributed by atoms with Crippen LogP contribution in [-0.4, -0.2) is 21.9 Å². The first-order valence-electron chi connectivity index (χ1n) is 8.11. The van der Waals surface area contributed by atoms with Gasteiger partial charge in [0.2, 0.25) is 5.13 Å². The third-order valence-corrected chi connectivity index (χ3v) is 5.63. The quantitative estimate of drug-likeness (QED) is 0.348. The second-order valence-electron chi connectivity index (χ2n) is 5.48. The van der Waals surface area contributed by atoms with Crippen molar-refractivity contribution in [2.75, 3.05) is 11.1 Å². The number of nitrogens with one attached hydrogen (secondary N) is 1. The fourth-order valence-corrected chi connectivity index (χ4v) is 4.14. The molecular weight excluding hydrogens is 354 g/mol. The predicted molar refractivity (Wildman–Crippen MR) is 102 cm³/mol. The number of carbonyl (C=O) groups excluding carboxylic acids is 1. The third-order valence-electron chi connectivity index (χ3n) is 3.57. The fraction of sp³-hybridized carbons (Fsp3) is 0.278. The van der Waals surface area contributed by atoms with Crippen LogP contribution in [0.4, 0.5) is 5.13 Å². The highest BCUT2D eigenvalue weighted by atomic mass is 32.2. The molecule has 3 rings (SSSR count). The Morgan fingerprint density at radius 1 is 1.28 bits per heavy atom. The number of carbonyl (C=O) groups is 1. The van der Waals surface area contributed by atoms with Crippen LogP contribution in [0.3, 0.4) is 0 Å². The summed E-state index contributed by atoms with van der Waals surface area (Å²) in [5, 5.41) is 11.5. The minimum absolute atomic E-state index is 0.232. The SMILES string of the molecule is CCCCSc1nnc(NC(=O)c2cc(-c3ccccc3)oc2C)s1. The topological polar surface area (TPSA) is 68.0 Å². The van der Waals surface area contributed by atoms with Crippen LogP contribution in [-0.2, 0) is 0 Å². The largest absolute Gasteiger partial charge is 0.461 e. The average molecular weight is 374 g/mol. The van der Waals surface area contributed by atoms with E-state index in [1.165, 1.54) is 11.3 Å². The third kappa shape index (κ3) is 4.49. The van der Waals surface area contributed by atoms with E-state index in [4.69, 9.17) is 4.42 Å². The Labute approximate surface area is 154 Å². The zero-order chi connectivity index (χ0) is 17.6. The van der Waals surface area contributed by atoms with Gasteiger partial charge in [0, 0.05) is 11.3 Å². The van der Waals surface area contributed by atoms with Crippen molar-refractivity contribution in [3.8, 4) is 11.3 Å². The summed E-state index contributed by atoms with van der Waals surface area (Å²) in [5.41, 5.74) is 1.45. The van der Waals surface area contributed by atoms with Gasteiger partial charge in [0.1, 0.15) is 11.5 Å². The number of benzene rings is 1. The van der Waals surface area contributed by atoms with Crippen molar-refractivity contribution in [1.82, 2.24) is 10.2 Å². The number of amides is 1. The molecule has 2 heterocycles. The van der Waals surface area contributed by atoms with E-state index in [0.29, 0.717) is 22.2 Å². The van der Waals surface area contributed by atoms with Gasteiger partial charge in [-0.25, -0.2) is 0 Å². The lowest BCUT2D eigenvalue weighted by Crippen LogP contribution is -2.11. The molecule has 0 aliphatic rings. The fourth-order valence-electron chi connectivity index (χ4n) is 2.24. The number of thioether (sulfide) groups is 1. The van der Waals surface area contributed by atoms with Crippen molar-refractivity contribution < 1.29 is 9.21 Å². The second kappa shape index (κ2) is 8.31. The molecule has 0 unspecified atom stereocenters. The van der Waals surface area contributed by atoms with Gasteiger partial charge < -0.3 is 4.42 Å². The van der Waals surface area contributed by atoms with Gasteiger partial charge in [-0.15, -0.1) is 10.2 Å². The van der Waals surface area contributed by atoms with E-state index in [2.05, 4.69) is 22.4 Å². The summed E-state index contributed by atoms with van der Waals surface area (Å²) >= 11 is 3.06. The molecule has 0 bridgehead atoms. The first-order chi connectivity index (χ1) is 12.2. The van der Waals surface area contributed by atoms with Gasteiger partial charge in [-0.3, -0.25) is 10.1 Å². The van der Waals surface area contributed by atoms with Gasteiger partial charge in [0.15, 0.2) is 4.34 Å². The Hall–Kier alpha value is -2.12. The molecule has 3 aromatic rings. The van der Waals surface area contributed by atoms with Gasteiger partial charge in [-0.1, -0.05) is 66.8 Å². The number of aromatic nitrogens is 2. The zero-order valence-corrected chi connectivity index (χ0v) is 15.7. The van der Waals surface area contributed by atoms with Gasteiger partial charge >= 0.3 is 0 Å². The van der Waals surface area contributed by atoms with Crippen molar-refractivity contribution in [2.24, 2.45) is 0 Å². The molecule has 1 N–H and O–H groups in total. The normalized spacial score (nSPS) is 10.8. The van der Waals surface area contributed by atoms with Crippen LogP contribution in [0.15, 0.2) is 45.2 Å². The first kappa shape index (κ1) is 17.7. The standard InChI is InChI=1S/C18H19N3O2S2/c1-3-4-10-24-18-21-20-17(25-18)19-16(22)14-11-15(23-12(14)2)13-8-6-5-7-9-13/h5-9,11H,3-4,10H2,1-2H3,(H,19,20,22). The maximum absolute atomic E-state index is 12.5.